The van der Waals surface area contributed by atoms with Crippen molar-refractivity contribution in [3.63, 3.8) is 0 Å². The minimum atomic E-state index is -0.351. The number of nitrogens with two attached hydrogens (primary N) is 1. The number of rotatable bonds is 5. The maximum atomic E-state index is 9.42. The van der Waals surface area contributed by atoms with Crippen molar-refractivity contribution >= 4 is 33.3 Å². The molecule has 2 heterocycles. The Kier molecular flexibility index (Phi) is 4.18. The van der Waals surface area contributed by atoms with E-state index in [1.54, 1.807) is 18.3 Å². The fraction of sp³-hybridized carbons (Fsp3) is 0.500. The minimum absolute atomic E-state index is 0.115. The number of hydrogen-bond acceptors (Lipinski definition) is 7. The number of aryl methyl sites for hydroxylation is 1. The number of thiophene rings is 1. The summed E-state index contributed by atoms with van der Waals surface area (Å²) in [6, 6.07) is 2.17. The summed E-state index contributed by atoms with van der Waals surface area (Å²) in [5.41, 5.74) is 2.48. The van der Waals surface area contributed by atoms with Gasteiger partial charge in [0, 0.05) is 10.9 Å². The van der Waals surface area contributed by atoms with Crippen molar-refractivity contribution in [3.05, 3.63) is 10.9 Å². The highest BCUT2D eigenvalue weighted by Gasteiger charge is 2.13. The lowest BCUT2D eigenvalue weighted by Gasteiger charge is -2.17. The molecule has 0 spiro atoms. The molecule has 2 rings (SSSR count). The van der Waals surface area contributed by atoms with Gasteiger partial charge >= 0.3 is 0 Å². The highest BCUT2D eigenvalue weighted by atomic mass is 32.1. The third kappa shape index (κ3) is 3.31. The van der Waals surface area contributed by atoms with Crippen LogP contribution in [0.2, 0.25) is 0 Å². The molecule has 0 bridgehead atoms. The van der Waals surface area contributed by atoms with Gasteiger partial charge in [-0.2, -0.15) is 4.98 Å². The highest BCUT2D eigenvalue weighted by molar-refractivity contribution is 7.18. The molecule has 0 fully saturated rings. The number of nitrogens with one attached hydrogen (secondary N) is 2. The minimum Gasteiger partial charge on any atom is -0.393 e. The molecule has 7 heteroatoms. The number of nitrogen functional groups attached to an aromatic ring is 1. The third-order valence-electron chi connectivity index (χ3n) is 2.72. The van der Waals surface area contributed by atoms with Crippen molar-refractivity contribution in [1.82, 2.24) is 9.97 Å². The predicted octanol–water partition coefficient (Wildman–Crippen LogP) is 1.86. The zero-order chi connectivity index (χ0) is 14.0. The molecule has 0 saturated carbocycles. The van der Waals surface area contributed by atoms with E-state index in [2.05, 4.69) is 26.8 Å². The van der Waals surface area contributed by atoms with E-state index in [4.69, 9.17) is 5.84 Å². The largest absolute Gasteiger partial charge is 0.393 e. The van der Waals surface area contributed by atoms with Crippen molar-refractivity contribution in [2.24, 2.45) is 5.84 Å². The number of hydrazine groups is 1. The number of aliphatic hydroxyl groups excluding tert-OH is 1. The molecular formula is C12H19N5OS. The normalized spacial score (nSPS) is 14.4. The zero-order valence-electron chi connectivity index (χ0n) is 11.3. The molecule has 2 aromatic heterocycles. The van der Waals surface area contributed by atoms with Crippen LogP contribution in [0.25, 0.3) is 10.2 Å². The molecular weight excluding hydrogens is 262 g/mol. The van der Waals surface area contributed by atoms with Crippen molar-refractivity contribution in [3.8, 4) is 0 Å². The van der Waals surface area contributed by atoms with Crippen molar-refractivity contribution in [2.45, 2.75) is 39.3 Å². The van der Waals surface area contributed by atoms with Gasteiger partial charge in [-0.1, -0.05) is 0 Å². The van der Waals surface area contributed by atoms with Crippen LogP contribution < -0.4 is 16.6 Å². The fourth-order valence-electron chi connectivity index (χ4n) is 2.02. The van der Waals surface area contributed by atoms with Crippen LogP contribution in [0.15, 0.2) is 6.07 Å². The van der Waals surface area contributed by atoms with Crippen LogP contribution >= 0.6 is 11.3 Å². The van der Waals surface area contributed by atoms with Crippen molar-refractivity contribution in [2.75, 3.05) is 10.7 Å². The summed E-state index contributed by atoms with van der Waals surface area (Å²) in [6.45, 7) is 5.82. The van der Waals surface area contributed by atoms with Gasteiger partial charge in [-0.3, -0.25) is 5.43 Å². The quantitative estimate of drug-likeness (QED) is 0.493. The SMILES string of the molecule is Cc1cc2c(NC(C)CC(C)O)nc(NN)nc2s1. The summed E-state index contributed by atoms with van der Waals surface area (Å²) < 4.78 is 0. The van der Waals surface area contributed by atoms with E-state index in [9.17, 15) is 5.11 Å². The lowest BCUT2D eigenvalue weighted by Crippen LogP contribution is -2.22. The first kappa shape index (κ1) is 14.0. The Morgan fingerprint density at radius 2 is 2.16 bits per heavy atom. The van der Waals surface area contributed by atoms with Crippen LogP contribution in [0.5, 0.6) is 0 Å². The van der Waals surface area contributed by atoms with Crippen LogP contribution in [0.4, 0.5) is 11.8 Å². The topological polar surface area (TPSA) is 96.1 Å². The third-order valence-corrected chi connectivity index (χ3v) is 3.67. The van der Waals surface area contributed by atoms with Gasteiger partial charge < -0.3 is 10.4 Å². The summed E-state index contributed by atoms with van der Waals surface area (Å²) >= 11 is 1.60. The fourth-order valence-corrected chi connectivity index (χ4v) is 2.90. The number of hydrogen-bond donors (Lipinski definition) is 4. The van der Waals surface area contributed by atoms with E-state index in [-0.39, 0.29) is 12.1 Å². The Balaban J connectivity index is 2.34. The van der Waals surface area contributed by atoms with Gasteiger partial charge in [0.05, 0.1) is 11.5 Å². The molecule has 5 N–H and O–H groups in total. The van der Waals surface area contributed by atoms with Gasteiger partial charge in [0.2, 0.25) is 5.95 Å². The number of aromatic nitrogens is 2. The van der Waals surface area contributed by atoms with E-state index >= 15 is 0 Å². The molecule has 0 saturated heterocycles. The standard InChI is InChI=1S/C12H19N5OS/c1-6(4-7(2)18)14-10-9-5-8(3)19-11(9)16-12(15-10)17-13/h5-7,18H,4,13H2,1-3H3,(H2,14,15,16,17). The summed E-state index contributed by atoms with van der Waals surface area (Å²) in [4.78, 5) is 10.7. The number of nitrogens with zero attached hydrogens (tertiary/aromatic N) is 2. The number of aliphatic hydroxyl groups is 1. The highest BCUT2D eigenvalue weighted by Crippen LogP contribution is 2.29. The Morgan fingerprint density at radius 1 is 1.42 bits per heavy atom. The average molecular weight is 281 g/mol. The molecule has 0 amide bonds. The second-order valence-electron chi connectivity index (χ2n) is 4.75. The summed E-state index contributed by atoms with van der Waals surface area (Å²) in [5, 5.41) is 13.7. The summed E-state index contributed by atoms with van der Waals surface area (Å²) in [7, 11) is 0. The van der Waals surface area contributed by atoms with Crippen LogP contribution in [0.1, 0.15) is 25.1 Å². The molecule has 0 aromatic carbocycles. The van der Waals surface area contributed by atoms with Crippen LogP contribution in [-0.4, -0.2) is 27.2 Å². The molecule has 19 heavy (non-hydrogen) atoms. The van der Waals surface area contributed by atoms with Crippen molar-refractivity contribution in [1.29, 1.82) is 0 Å². The maximum absolute atomic E-state index is 9.42. The van der Waals surface area contributed by atoms with E-state index in [0.29, 0.717) is 12.4 Å². The first-order valence-corrected chi connectivity index (χ1v) is 7.00. The monoisotopic (exact) mass is 281 g/mol. The van der Waals surface area contributed by atoms with Gasteiger partial charge in [-0.25, -0.2) is 10.8 Å². The second-order valence-corrected chi connectivity index (χ2v) is 5.98. The Hall–Kier alpha value is -1.44. The van der Waals surface area contributed by atoms with Gasteiger partial charge in [-0.15, -0.1) is 11.3 Å². The number of fused-ring (bicyclic) bond motifs is 1. The van der Waals surface area contributed by atoms with Crippen LogP contribution in [0, 0.1) is 6.92 Å². The average Bonchev–Trinajstić information content (AvgIpc) is 2.68. The van der Waals surface area contributed by atoms with Gasteiger partial charge in [0.25, 0.3) is 0 Å². The molecule has 2 atom stereocenters. The lowest BCUT2D eigenvalue weighted by molar-refractivity contribution is 0.179. The maximum Gasteiger partial charge on any atom is 0.240 e. The van der Waals surface area contributed by atoms with Gasteiger partial charge in [0.15, 0.2) is 0 Å². The van der Waals surface area contributed by atoms with Crippen LogP contribution in [0.3, 0.4) is 0 Å². The number of anilines is 2. The first-order valence-electron chi connectivity index (χ1n) is 6.19. The molecule has 0 aliphatic rings. The Labute approximate surface area is 116 Å². The molecule has 104 valence electrons. The van der Waals surface area contributed by atoms with Crippen molar-refractivity contribution < 1.29 is 5.11 Å². The molecule has 2 unspecified atom stereocenters. The molecule has 6 nitrogen and oxygen atoms in total. The lowest BCUT2D eigenvalue weighted by atomic mass is 10.1. The van der Waals surface area contributed by atoms with E-state index in [1.165, 1.54) is 4.88 Å². The predicted molar refractivity (Wildman–Crippen MR) is 79.3 cm³/mol. The van der Waals surface area contributed by atoms with Gasteiger partial charge in [-0.05, 0) is 33.3 Å². The molecule has 0 aliphatic heterocycles. The summed E-state index contributed by atoms with van der Waals surface area (Å²) in [5.74, 6) is 6.53. The second kappa shape index (κ2) is 5.68. The molecule has 0 aliphatic carbocycles. The Bertz CT molecular complexity index is 568. The van der Waals surface area contributed by atoms with Gasteiger partial charge in [0.1, 0.15) is 10.6 Å². The summed E-state index contributed by atoms with van der Waals surface area (Å²) in [6.07, 6.45) is 0.302. The van der Waals surface area contributed by atoms with Crippen LogP contribution in [-0.2, 0) is 0 Å². The smallest absolute Gasteiger partial charge is 0.240 e. The Morgan fingerprint density at radius 3 is 2.79 bits per heavy atom. The zero-order valence-corrected chi connectivity index (χ0v) is 12.1. The van der Waals surface area contributed by atoms with E-state index in [0.717, 1.165) is 16.0 Å². The van der Waals surface area contributed by atoms with E-state index in [1.807, 2.05) is 13.8 Å². The molecule has 2 aromatic rings. The molecule has 0 radical (unpaired) electrons. The first-order chi connectivity index (χ1) is 8.99. The van der Waals surface area contributed by atoms with E-state index < -0.39 is 0 Å².